The van der Waals surface area contributed by atoms with Gasteiger partial charge in [-0.25, -0.2) is 0 Å². The number of carbonyl (C=O) groups excluding carboxylic acids is 2. The number of imide groups is 1. The van der Waals surface area contributed by atoms with E-state index in [1.165, 1.54) is 4.90 Å². The number of hydrogen-bond donors (Lipinski definition) is 0. The van der Waals surface area contributed by atoms with Crippen molar-refractivity contribution in [1.29, 1.82) is 0 Å². The molecule has 0 saturated carbocycles. The third-order valence-electron chi connectivity index (χ3n) is 5.64. The monoisotopic (exact) mass is 429 g/mol. The predicted molar refractivity (Wildman–Crippen MR) is 123 cm³/mol. The van der Waals surface area contributed by atoms with Crippen LogP contribution in [0.4, 0.5) is 0 Å². The van der Waals surface area contributed by atoms with Crippen LogP contribution in [-0.2, 0) is 6.42 Å². The summed E-state index contributed by atoms with van der Waals surface area (Å²) in [6, 6.07) is 22.4. The van der Waals surface area contributed by atoms with Crippen LogP contribution in [0.1, 0.15) is 58.2 Å². The zero-order valence-electron chi connectivity index (χ0n) is 18.4. The lowest BCUT2D eigenvalue weighted by Gasteiger charge is -2.27. The third-order valence-corrected chi connectivity index (χ3v) is 5.64. The number of carbonyl (C=O) groups is 2. The van der Waals surface area contributed by atoms with Crippen LogP contribution in [0.2, 0.25) is 0 Å². The highest BCUT2D eigenvalue weighted by molar-refractivity contribution is 6.21. The standard InChI is InChI=1S/C27H27NO4/c1-3-31-24-17-15-20(18-25(24)32-4-2)23(16-14-19-10-6-5-7-11-19)28-26(29)21-12-8-9-13-22(21)27(28)30/h5-13,15,17-18,23H,3-4,14,16H2,1-2H3/t23-/m0/s1. The van der Waals surface area contributed by atoms with Crippen molar-refractivity contribution in [3.63, 3.8) is 0 Å². The van der Waals surface area contributed by atoms with Crippen molar-refractivity contribution < 1.29 is 19.1 Å². The molecule has 0 spiro atoms. The van der Waals surface area contributed by atoms with Crippen molar-refractivity contribution in [2.45, 2.75) is 32.7 Å². The topological polar surface area (TPSA) is 55.8 Å². The van der Waals surface area contributed by atoms with Crippen molar-refractivity contribution in [3.05, 3.63) is 95.1 Å². The first-order valence-electron chi connectivity index (χ1n) is 11.0. The van der Waals surface area contributed by atoms with E-state index in [9.17, 15) is 9.59 Å². The maximum absolute atomic E-state index is 13.3. The number of benzene rings is 3. The molecule has 1 aliphatic rings. The van der Waals surface area contributed by atoms with Gasteiger partial charge in [0, 0.05) is 0 Å². The quantitative estimate of drug-likeness (QED) is 0.424. The molecule has 1 aliphatic heterocycles. The highest BCUT2D eigenvalue weighted by Crippen LogP contribution is 2.38. The first-order valence-corrected chi connectivity index (χ1v) is 11.0. The molecule has 164 valence electrons. The summed E-state index contributed by atoms with van der Waals surface area (Å²) in [7, 11) is 0. The summed E-state index contributed by atoms with van der Waals surface area (Å²) in [5.41, 5.74) is 2.92. The third kappa shape index (κ3) is 4.24. The molecular weight excluding hydrogens is 402 g/mol. The van der Waals surface area contributed by atoms with Crippen molar-refractivity contribution in [3.8, 4) is 11.5 Å². The van der Waals surface area contributed by atoms with E-state index in [2.05, 4.69) is 12.1 Å². The van der Waals surface area contributed by atoms with Crippen molar-refractivity contribution >= 4 is 11.8 Å². The van der Waals surface area contributed by atoms with E-state index >= 15 is 0 Å². The van der Waals surface area contributed by atoms with Crippen LogP contribution in [0.5, 0.6) is 11.5 Å². The average Bonchev–Trinajstić information content (AvgIpc) is 3.07. The number of nitrogens with zero attached hydrogens (tertiary/aromatic N) is 1. The van der Waals surface area contributed by atoms with Gasteiger partial charge in [-0.1, -0.05) is 48.5 Å². The van der Waals surface area contributed by atoms with Crippen molar-refractivity contribution in [2.24, 2.45) is 0 Å². The molecule has 0 N–H and O–H groups in total. The van der Waals surface area contributed by atoms with E-state index in [0.717, 1.165) is 17.5 Å². The van der Waals surface area contributed by atoms with Gasteiger partial charge in [-0.05, 0) is 62.1 Å². The molecule has 3 aromatic rings. The lowest BCUT2D eigenvalue weighted by Crippen LogP contribution is -2.34. The van der Waals surface area contributed by atoms with E-state index in [1.807, 2.05) is 50.2 Å². The molecule has 4 rings (SSSR count). The molecule has 0 saturated heterocycles. The molecule has 5 heteroatoms. The number of aryl methyl sites for hydroxylation is 1. The highest BCUT2D eigenvalue weighted by atomic mass is 16.5. The molecule has 0 bridgehead atoms. The summed E-state index contributed by atoms with van der Waals surface area (Å²) in [6.45, 7) is 4.85. The summed E-state index contributed by atoms with van der Waals surface area (Å²) in [6.07, 6.45) is 1.34. The number of hydrogen-bond acceptors (Lipinski definition) is 4. The van der Waals surface area contributed by atoms with E-state index in [1.54, 1.807) is 24.3 Å². The van der Waals surface area contributed by atoms with Crippen LogP contribution < -0.4 is 9.47 Å². The lowest BCUT2D eigenvalue weighted by atomic mass is 9.97. The largest absolute Gasteiger partial charge is 0.490 e. The van der Waals surface area contributed by atoms with Gasteiger partial charge in [-0.2, -0.15) is 0 Å². The Morgan fingerprint density at radius 1 is 0.750 bits per heavy atom. The minimum Gasteiger partial charge on any atom is -0.490 e. The molecule has 5 nitrogen and oxygen atoms in total. The Bertz CT molecular complexity index is 1070. The molecule has 3 aromatic carbocycles. The Labute approximate surface area is 188 Å². The normalized spacial score (nSPS) is 13.8. The first kappa shape index (κ1) is 21.6. The molecule has 1 heterocycles. The van der Waals surface area contributed by atoms with Gasteiger partial charge < -0.3 is 9.47 Å². The van der Waals surface area contributed by atoms with Crippen molar-refractivity contribution in [1.82, 2.24) is 4.90 Å². The molecule has 0 unspecified atom stereocenters. The zero-order chi connectivity index (χ0) is 22.5. The maximum atomic E-state index is 13.3. The SMILES string of the molecule is CCOc1ccc([C@H](CCc2ccccc2)N2C(=O)c3ccccc3C2=O)cc1OCC. The fourth-order valence-corrected chi connectivity index (χ4v) is 4.16. The maximum Gasteiger partial charge on any atom is 0.262 e. The zero-order valence-corrected chi connectivity index (χ0v) is 18.4. The fraction of sp³-hybridized carbons (Fsp3) is 0.259. The summed E-state index contributed by atoms with van der Waals surface area (Å²) >= 11 is 0. The van der Waals surface area contributed by atoms with Gasteiger partial charge in [-0.15, -0.1) is 0 Å². The molecular formula is C27H27NO4. The lowest BCUT2D eigenvalue weighted by molar-refractivity contribution is 0.0573. The van der Waals surface area contributed by atoms with Gasteiger partial charge in [0.25, 0.3) is 11.8 Å². The smallest absolute Gasteiger partial charge is 0.262 e. The second-order valence-corrected chi connectivity index (χ2v) is 7.64. The Balaban J connectivity index is 1.72. The summed E-state index contributed by atoms with van der Waals surface area (Å²) in [5, 5.41) is 0. The van der Waals surface area contributed by atoms with Gasteiger partial charge in [0.1, 0.15) is 0 Å². The minimum absolute atomic E-state index is 0.254. The van der Waals surface area contributed by atoms with Crippen LogP contribution in [-0.4, -0.2) is 29.9 Å². The summed E-state index contributed by atoms with van der Waals surface area (Å²) in [5.74, 6) is 0.765. The molecule has 0 fully saturated rings. The summed E-state index contributed by atoms with van der Waals surface area (Å²) < 4.78 is 11.5. The fourth-order valence-electron chi connectivity index (χ4n) is 4.16. The molecule has 0 aliphatic carbocycles. The van der Waals surface area contributed by atoms with Gasteiger partial charge in [0.2, 0.25) is 0 Å². The van der Waals surface area contributed by atoms with Crippen LogP contribution >= 0.6 is 0 Å². The van der Waals surface area contributed by atoms with E-state index in [4.69, 9.17) is 9.47 Å². The van der Waals surface area contributed by atoms with E-state index < -0.39 is 6.04 Å². The molecule has 0 aromatic heterocycles. The van der Waals surface area contributed by atoms with Gasteiger partial charge >= 0.3 is 0 Å². The second kappa shape index (κ2) is 9.69. The Hall–Kier alpha value is -3.60. The Morgan fingerprint density at radius 3 is 1.97 bits per heavy atom. The number of fused-ring (bicyclic) bond motifs is 1. The van der Waals surface area contributed by atoms with Crippen LogP contribution in [0.25, 0.3) is 0 Å². The van der Waals surface area contributed by atoms with Gasteiger partial charge in [0.05, 0.1) is 30.4 Å². The second-order valence-electron chi connectivity index (χ2n) is 7.64. The Kier molecular flexibility index (Phi) is 6.55. The molecule has 32 heavy (non-hydrogen) atoms. The number of rotatable bonds is 9. The Morgan fingerprint density at radius 2 is 1.34 bits per heavy atom. The predicted octanol–water partition coefficient (Wildman–Crippen LogP) is 5.45. The first-order chi connectivity index (χ1) is 15.6. The van der Waals surface area contributed by atoms with Gasteiger partial charge in [0.15, 0.2) is 11.5 Å². The summed E-state index contributed by atoms with van der Waals surface area (Å²) in [4.78, 5) is 27.9. The van der Waals surface area contributed by atoms with Crippen molar-refractivity contribution in [2.75, 3.05) is 13.2 Å². The minimum atomic E-state index is -0.419. The van der Waals surface area contributed by atoms with Crippen LogP contribution in [0, 0.1) is 0 Å². The van der Waals surface area contributed by atoms with E-state index in [-0.39, 0.29) is 11.8 Å². The molecule has 2 amide bonds. The van der Waals surface area contributed by atoms with Gasteiger partial charge in [-0.3, -0.25) is 14.5 Å². The average molecular weight is 430 g/mol. The number of ether oxygens (including phenoxy) is 2. The van der Waals surface area contributed by atoms with E-state index in [0.29, 0.717) is 42.3 Å². The number of amides is 2. The van der Waals surface area contributed by atoms with Crippen LogP contribution in [0.15, 0.2) is 72.8 Å². The molecule has 0 radical (unpaired) electrons. The highest BCUT2D eigenvalue weighted by Gasteiger charge is 2.40. The van der Waals surface area contributed by atoms with Crippen LogP contribution in [0.3, 0.4) is 0 Å². The molecule has 1 atom stereocenters.